The Labute approximate surface area is 107 Å². The number of nitrogens with zero attached hydrogens (tertiary/aromatic N) is 1. The van der Waals surface area contributed by atoms with Crippen LogP contribution in [0.2, 0.25) is 0 Å². The van der Waals surface area contributed by atoms with Gasteiger partial charge in [-0.25, -0.2) is 4.39 Å². The van der Waals surface area contributed by atoms with Crippen molar-refractivity contribution in [3.63, 3.8) is 0 Å². The molecule has 1 aromatic carbocycles. The minimum absolute atomic E-state index is 0.0543. The molecule has 0 atom stereocenters. The minimum atomic E-state index is -0.236. The van der Waals surface area contributed by atoms with Crippen LogP contribution in [0.25, 0.3) is 0 Å². The van der Waals surface area contributed by atoms with Crippen molar-refractivity contribution < 1.29 is 9.18 Å². The lowest BCUT2D eigenvalue weighted by molar-refractivity contribution is -0.123. The lowest BCUT2D eigenvalue weighted by Crippen LogP contribution is -2.43. The van der Waals surface area contributed by atoms with Gasteiger partial charge >= 0.3 is 0 Å². The summed E-state index contributed by atoms with van der Waals surface area (Å²) in [5, 5.41) is 2.99. The topological polar surface area (TPSA) is 32.3 Å². The molecule has 0 aliphatic heterocycles. The lowest BCUT2D eigenvalue weighted by Gasteiger charge is -2.27. The molecule has 1 aliphatic carbocycles. The first-order valence-electron chi connectivity index (χ1n) is 6.36. The third-order valence-corrected chi connectivity index (χ3v) is 3.23. The molecule has 1 aromatic rings. The van der Waals surface area contributed by atoms with E-state index in [1.54, 1.807) is 6.07 Å². The van der Waals surface area contributed by atoms with Crippen LogP contribution in [-0.2, 0) is 11.3 Å². The van der Waals surface area contributed by atoms with Crippen LogP contribution in [0.5, 0.6) is 0 Å². The summed E-state index contributed by atoms with van der Waals surface area (Å²) in [4.78, 5) is 13.6. The van der Waals surface area contributed by atoms with E-state index in [4.69, 9.17) is 0 Å². The average Bonchev–Trinajstić information content (AvgIpc) is 2.23. The highest BCUT2D eigenvalue weighted by Crippen LogP contribution is 2.17. The fourth-order valence-electron chi connectivity index (χ4n) is 2.07. The molecule has 0 radical (unpaired) electrons. The van der Waals surface area contributed by atoms with E-state index in [0.29, 0.717) is 19.1 Å². The highest BCUT2D eigenvalue weighted by atomic mass is 19.1. The maximum Gasteiger partial charge on any atom is 0.234 e. The molecule has 1 fully saturated rings. The second kappa shape index (κ2) is 5.96. The quantitative estimate of drug-likeness (QED) is 0.866. The zero-order valence-electron chi connectivity index (χ0n) is 10.7. The average molecular weight is 250 g/mol. The van der Waals surface area contributed by atoms with Crippen LogP contribution < -0.4 is 5.32 Å². The van der Waals surface area contributed by atoms with Gasteiger partial charge in [0, 0.05) is 12.6 Å². The molecule has 0 unspecified atom stereocenters. The summed E-state index contributed by atoms with van der Waals surface area (Å²) in [5.74, 6) is -0.182. The van der Waals surface area contributed by atoms with Crippen LogP contribution >= 0.6 is 0 Å². The van der Waals surface area contributed by atoms with Crippen LogP contribution in [0.1, 0.15) is 24.8 Å². The molecular weight excluding hydrogens is 231 g/mol. The Morgan fingerprint density at radius 3 is 2.89 bits per heavy atom. The molecule has 18 heavy (non-hydrogen) atoms. The SMILES string of the molecule is CN(CC(=O)NC1CCC1)Cc1cccc(F)c1. The Balaban J connectivity index is 1.77. The Hall–Kier alpha value is -1.42. The molecule has 2 rings (SSSR count). The molecule has 0 bridgehead atoms. The van der Waals surface area contributed by atoms with E-state index < -0.39 is 0 Å². The van der Waals surface area contributed by atoms with Gasteiger partial charge < -0.3 is 5.32 Å². The first kappa shape index (κ1) is 13.0. The van der Waals surface area contributed by atoms with Crippen molar-refractivity contribution in [3.05, 3.63) is 35.6 Å². The van der Waals surface area contributed by atoms with Crippen LogP contribution in [0.4, 0.5) is 4.39 Å². The van der Waals surface area contributed by atoms with Crippen LogP contribution in [-0.4, -0.2) is 30.4 Å². The molecule has 0 spiro atoms. The molecule has 0 saturated heterocycles. The summed E-state index contributed by atoms with van der Waals surface area (Å²) in [6.45, 7) is 0.933. The monoisotopic (exact) mass is 250 g/mol. The number of amides is 1. The number of benzene rings is 1. The number of carbonyl (C=O) groups excluding carboxylic acids is 1. The van der Waals surface area contributed by atoms with Gasteiger partial charge in [0.25, 0.3) is 0 Å². The fourth-order valence-corrected chi connectivity index (χ4v) is 2.07. The molecule has 1 aliphatic rings. The third-order valence-electron chi connectivity index (χ3n) is 3.23. The molecular formula is C14H19FN2O. The highest BCUT2D eigenvalue weighted by molar-refractivity contribution is 5.78. The summed E-state index contributed by atoms with van der Waals surface area (Å²) in [5.41, 5.74) is 0.883. The second-order valence-corrected chi connectivity index (χ2v) is 5.00. The van der Waals surface area contributed by atoms with Gasteiger partial charge in [0.15, 0.2) is 0 Å². The maximum absolute atomic E-state index is 13.0. The van der Waals surface area contributed by atoms with Crippen molar-refractivity contribution in [2.75, 3.05) is 13.6 Å². The lowest BCUT2D eigenvalue weighted by atomic mass is 9.93. The summed E-state index contributed by atoms with van der Waals surface area (Å²) in [6, 6.07) is 6.85. The molecule has 3 nitrogen and oxygen atoms in total. The zero-order chi connectivity index (χ0) is 13.0. The van der Waals surface area contributed by atoms with E-state index in [1.165, 1.54) is 18.6 Å². The zero-order valence-corrected chi connectivity index (χ0v) is 10.7. The van der Waals surface area contributed by atoms with Crippen molar-refractivity contribution in [1.82, 2.24) is 10.2 Å². The van der Waals surface area contributed by atoms with E-state index in [0.717, 1.165) is 18.4 Å². The van der Waals surface area contributed by atoms with Crippen molar-refractivity contribution in [2.24, 2.45) is 0 Å². The molecule has 0 heterocycles. The third kappa shape index (κ3) is 3.81. The Morgan fingerprint density at radius 2 is 2.28 bits per heavy atom. The minimum Gasteiger partial charge on any atom is -0.352 e. The number of halogens is 1. The normalized spacial score (nSPS) is 15.5. The summed E-state index contributed by atoms with van der Waals surface area (Å²) < 4.78 is 13.0. The van der Waals surface area contributed by atoms with Crippen molar-refractivity contribution in [3.8, 4) is 0 Å². The van der Waals surface area contributed by atoms with Crippen LogP contribution in [0.15, 0.2) is 24.3 Å². The number of carbonyl (C=O) groups is 1. The van der Waals surface area contributed by atoms with Crippen LogP contribution in [0.3, 0.4) is 0 Å². The Kier molecular flexibility index (Phi) is 4.31. The van der Waals surface area contributed by atoms with Crippen molar-refractivity contribution >= 4 is 5.91 Å². The van der Waals surface area contributed by atoms with Gasteiger partial charge in [-0.1, -0.05) is 12.1 Å². The van der Waals surface area contributed by atoms with E-state index in [1.807, 2.05) is 18.0 Å². The molecule has 1 N–H and O–H groups in total. The Bertz CT molecular complexity index is 418. The number of rotatable bonds is 5. The first-order valence-corrected chi connectivity index (χ1v) is 6.36. The largest absolute Gasteiger partial charge is 0.352 e. The fraction of sp³-hybridized carbons (Fsp3) is 0.500. The van der Waals surface area contributed by atoms with E-state index in [2.05, 4.69) is 5.32 Å². The Morgan fingerprint density at radius 1 is 1.50 bits per heavy atom. The summed E-state index contributed by atoms with van der Waals surface area (Å²) in [6.07, 6.45) is 3.41. The molecule has 1 amide bonds. The molecule has 1 saturated carbocycles. The van der Waals surface area contributed by atoms with Gasteiger partial charge in [0.1, 0.15) is 5.82 Å². The van der Waals surface area contributed by atoms with Crippen molar-refractivity contribution in [1.29, 1.82) is 0 Å². The second-order valence-electron chi connectivity index (χ2n) is 5.00. The van der Waals surface area contributed by atoms with Gasteiger partial charge in [0.2, 0.25) is 5.91 Å². The van der Waals surface area contributed by atoms with E-state index in [-0.39, 0.29) is 11.7 Å². The first-order chi connectivity index (χ1) is 8.63. The van der Waals surface area contributed by atoms with Crippen molar-refractivity contribution in [2.45, 2.75) is 31.8 Å². The van der Waals surface area contributed by atoms with Gasteiger partial charge in [-0.05, 0) is 44.0 Å². The molecule has 98 valence electrons. The van der Waals surface area contributed by atoms with Gasteiger partial charge in [-0.3, -0.25) is 9.69 Å². The number of hydrogen-bond donors (Lipinski definition) is 1. The van der Waals surface area contributed by atoms with Gasteiger partial charge in [-0.2, -0.15) is 0 Å². The number of nitrogens with one attached hydrogen (secondary N) is 1. The van der Waals surface area contributed by atoms with E-state index in [9.17, 15) is 9.18 Å². The van der Waals surface area contributed by atoms with E-state index >= 15 is 0 Å². The summed E-state index contributed by atoms with van der Waals surface area (Å²) >= 11 is 0. The van der Waals surface area contributed by atoms with Gasteiger partial charge in [0.05, 0.1) is 6.54 Å². The summed E-state index contributed by atoms with van der Waals surface area (Å²) in [7, 11) is 1.87. The number of likely N-dealkylation sites (N-methyl/N-ethyl adjacent to an activating group) is 1. The smallest absolute Gasteiger partial charge is 0.234 e. The molecule has 0 aromatic heterocycles. The van der Waals surface area contributed by atoms with Crippen LogP contribution in [0, 0.1) is 5.82 Å². The maximum atomic E-state index is 13.0. The predicted molar refractivity (Wildman–Crippen MR) is 68.5 cm³/mol. The van der Waals surface area contributed by atoms with Gasteiger partial charge in [-0.15, -0.1) is 0 Å². The highest BCUT2D eigenvalue weighted by Gasteiger charge is 2.19. The molecule has 4 heteroatoms. The number of hydrogen-bond acceptors (Lipinski definition) is 2. The predicted octanol–water partition coefficient (Wildman–Crippen LogP) is 1.93. The standard InChI is InChI=1S/C14H19FN2O/c1-17(9-11-4-2-5-12(15)8-11)10-14(18)16-13-6-3-7-13/h2,4-5,8,13H,3,6-7,9-10H2,1H3,(H,16,18).